The molecule has 4 rings (SSSR count). The molecule has 6 nitrogen and oxygen atoms in total. The van der Waals surface area contributed by atoms with E-state index in [1.807, 2.05) is 0 Å². The molecule has 0 bridgehead atoms. The fraction of sp³-hybridized carbons (Fsp3) is 0.120. The minimum atomic E-state index is -0.968. The molecule has 1 saturated carbocycles. The van der Waals surface area contributed by atoms with Gasteiger partial charge in [0.2, 0.25) is 0 Å². The molecule has 3 aromatic carbocycles. The van der Waals surface area contributed by atoms with Gasteiger partial charge in [0, 0.05) is 16.3 Å². The van der Waals surface area contributed by atoms with Crippen LogP contribution in [0.2, 0.25) is 5.02 Å². The van der Waals surface area contributed by atoms with Gasteiger partial charge in [0.15, 0.2) is 5.76 Å². The van der Waals surface area contributed by atoms with E-state index in [-0.39, 0.29) is 11.8 Å². The quantitative estimate of drug-likeness (QED) is 0.251. The molecule has 174 valence electrons. The number of nitrogens with zero attached hydrogens (tertiary/aromatic N) is 1. The Morgan fingerprint density at radius 2 is 1.62 bits per heavy atom. The topological polar surface area (TPSA) is 84.7 Å². The molecule has 0 spiro atoms. The van der Waals surface area contributed by atoms with E-state index in [1.54, 1.807) is 54.6 Å². The lowest BCUT2D eigenvalue weighted by Gasteiger charge is -2.24. The first kappa shape index (κ1) is 23.3. The van der Waals surface area contributed by atoms with E-state index in [0.717, 1.165) is 22.8 Å². The highest BCUT2D eigenvalue weighted by atomic mass is 35.5. The van der Waals surface area contributed by atoms with E-state index in [2.05, 4.69) is 5.32 Å². The lowest BCUT2D eigenvalue weighted by molar-refractivity contribution is -0.0627. The minimum absolute atomic E-state index is 0.255. The number of hydrogen-bond acceptors (Lipinski definition) is 3. The van der Waals surface area contributed by atoms with Gasteiger partial charge in [0.05, 0.1) is 6.04 Å². The number of rotatable bonds is 7. The normalized spacial score (nSPS) is 13.3. The second-order valence-electron chi connectivity index (χ2n) is 7.68. The van der Waals surface area contributed by atoms with Crippen molar-refractivity contribution in [3.8, 4) is 0 Å². The molecule has 0 heterocycles. The van der Waals surface area contributed by atoms with Gasteiger partial charge in [-0.15, -0.1) is 0 Å². The minimum Gasteiger partial charge on any atom is -0.376 e. The molecule has 0 aliphatic heterocycles. The van der Waals surface area contributed by atoms with E-state index in [0.29, 0.717) is 29.1 Å². The summed E-state index contributed by atoms with van der Waals surface area (Å²) in [5.74, 6) is -2.59. The molecule has 3 N–H and O–H groups in total. The molecule has 3 amide bonds. The number of halogens is 3. The summed E-state index contributed by atoms with van der Waals surface area (Å²) in [5, 5.41) is 4.02. The summed E-state index contributed by atoms with van der Waals surface area (Å²) in [6, 6.07) is 15.7. The van der Waals surface area contributed by atoms with E-state index in [1.165, 1.54) is 6.07 Å². The average molecular weight is 484 g/mol. The molecule has 1 fully saturated rings. The van der Waals surface area contributed by atoms with Gasteiger partial charge in [-0.3, -0.25) is 4.79 Å². The van der Waals surface area contributed by atoms with Crippen molar-refractivity contribution in [2.45, 2.75) is 18.9 Å². The zero-order valence-electron chi connectivity index (χ0n) is 17.8. The highest BCUT2D eigenvalue weighted by Gasteiger charge is 2.38. The Morgan fingerprint density at radius 1 is 1.00 bits per heavy atom. The number of nitrogens with two attached hydrogens (primary N) is 1. The number of primary amides is 1. The van der Waals surface area contributed by atoms with Crippen molar-refractivity contribution in [2.24, 2.45) is 5.73 Å². The molecule has 0 radical (unpaired) electrons. The molecular weight excluding hydrogens is 464 g/mol. The number of benzene rings is 3. The van der Waals surface area contributed by atoms with Crippen molar-refractivity contribution < 1.29 is 23.2 Å². The number of nitrogens with one attached hydrogen (secondary N) is 1. The van der Waals surface area contributed by atoms with E-state index < -0.39 is 29.1 Å². The van der Waals surface area contributed by atoms with Gasteiger partial charge < -0.3 is 15.9 Å². The molecule has 0 atom stereocenters. The third-order valence-corrected chi connectivity index (χ3v) is 5.31. The van der Waals surface area contributed by atoms with E-state index >= 15 is 0 Å². The van der Waals surface area contributed by atoms with Crippen molar-refractivity contribution in [1.82, 2.24) is 5.06 Å². The maximum atomic E-state index is 14.3. The maximum absolute atomic E-state index is 14.3. The number of carbonyl (C=O) groups is 2. The summed E-state index contributed by atoms with van der Waals surface area (Å²) in [4.78, 5) is 30.2. The Balaban J connectivity index is 1.71. The fourth-order valence-corrected chi connectivity index (χ4v) is 3.37. The molecule has 0 saturated heterocycles. The summed E-state index contributed by atoms with van der Waals surface area (Å²) < 4.78 is 28.6. The molecule has 34 heavy (non-hydrogen) atoms. The van der Waals surface area contributed by atoms with Crippen molar-refractivity contribution in [2.75, 3.05) is 5.32 Å². The Bertz CT molecular complexity index is 1220. The van der Waals surface area contributed by atoms with Crippen LogP contribution in [-0.2, 0) is 4.84 Å². The van der Waals surface area contributed by atoms with Crippen LogP contribution in [0.25, 0.3) is 11.8 Å². The number of amides is 3. The van der Waals surface area contributed by atoms with Crippen LogP contribution in [0, 0.1) is 11.6 Å². The van der Waals surface area contributed by atoms with Crippen LogP contribution in [0.1, 0.15) is 34.3 Å². The van der Waals surface area contributed by atoms with E-state index in [9.17, 15) is 18.4 Å². The molecule has 0 unspecified atom stereocenters. The first-order valence-corrected chi connectivity index (χ1v) is 10.8. The van der Waals surface area contributed by atoms with Gasteiger partial charge >= 0.3 is 6.03 Å². The number of hydroxylamine groups is 2. The third kappa shape index (κ3) is 5.52. The van der Waals surface area contributed by atoms with Crippen LogP contribution >= 0.6 is 11.6 Å². The van der Waals surface area contributed by atoms with Crippen molar-refractivity contribution >= 4 is 41.1 Å². The summed E-state index contributed by atoms with van der Waals surface area (Å²) in [6.45, 7) is 0. The van der Waals surface area contributed by atoms with Crippen molar-refractivity contribution in [3.05, 3.63) is 100 Å². The smallest absolute Gasteiger partial charge is 0.316 e. The molecular formula is C25H20ClF2N3O3. The van der Waals surface area contributed by atoms with E-state index in [4.69, 9.17) is 22.2 Å². The van der Waals surface area contributed by atoms with Crippen LogP contribution in [0.5, 0.6) is 0 Å². The highest BCUT2D eigenvalue weighted by Crippen LogP contribution is 2.33. The third-order valence-electron chi connectivity index (χ3n) is 5.06. The van der Waals surface area contributed by atoms with Gasteiger partial charge in [-0.05, 0) is 73.0 Å². The predicted octanol–water partition coefficient (Wildman–Crippen LogP) is 5.84. The number of anilines is 1. The Kier molecular flexibility index (Phi) is 6.79. The second kappa shape index (κ2) is 9.93. The predicted molar refractivity (Wildman–Crippen MR) is 126 cm³/mol. The Labute approximate surface area is 199 Å². The van der Waals surface area contributed by atoms with Crippen LogP contribution < -0.4 is 11.1 Å². The Hall–Kier alpha value is -3.91. The zero-order chi connectivity index (χ0) is 24.2. The van der Waals surface area contributed by atoms with Crippen molar-refractivity contribution in [1.29, 1.82) is 0 Å². The first-order chi connectivity index (χ1) is 16.3. The largest absolute Gasteiger partial charge is 0.376 e. The van der Waals surface area contributed by atoms with Gasteiger partial charge in [-0.1, -0.05) is 29.8 Å². The maximum Gasteiger partial charge on any atom is 0.316 e. The van der Waals surface area contributed by atoms with Gasteiger partial charge in [-0.2, -0.15) is 5.06 Å². The summed E-state index contributed by atoms with van der Waals surface area (Å²) >= 11 is 5.98. The molecule has 9 heteroatoms. The zero-order valence-corrected chi connectivity index (χ0v) is 18.6. The number of hydrogen-bond donors (Lipinski definition) is 2. The fourth-order valence-electron chi connectivity index (χ4n) is 3.24. The van der Waals surface area contributed by atoms with Gasteiger partial charge in [0.1, 0.15) is 17.2 Å². The monoisotopic (exact) mass is 483 g/mol. The van der Waals surface area contributed by atoms with Crippen LogP contribution in [0.4, 0.5) is 19.3 Å². The lowest BCUT2D eigenvalue weighted by atomic mass is 10.1. The van der Waals surface area contributed by atoms with Crippen LogP contribution in [0.15, 0.2) is 66.7 Å². The summed E-state index contributed by atoms with van der Waals surface area (Å²) in [5.41, 5.74) is 6.21. The highest BCUT2D eigenvalue weighted by molar-refractivity contribution is 6.30. The van der Waals surface area contributed by atoms with Gasteiger partial charge in [0.25, 0.3) is 5.91 Å². The van der Waals surface area contributed by atoms with Gasteiger partial charge in [-0.25, -0.2) is 13.6 Å². The first-order valence-electron chi connectivity index (χ1n) is 10.4. The van der Waals surface area contributed by atoms with Crippen LogP contribution in [-0.4, -0.2) is 23.0 Å². The molecule has 0 aromatic heterocycles. The number of carbonyl (C=O) groups excluding carboxylic acids is 2. The molecule has 1 aliphatic carbocycles. The standard InChI is InChI=1S/C25H20ClF2N3O3/c26-17-8-4-15(5-9-17)14-22(16-6-10-18(11-7-16)30-25(29)33)34-31(19-12-13-19)24(32)23-20(27)2-1-3-21(23)28/h1-11,14,19H,12-13H2,(H3,29,30,33)/b22-14+. The summed E-state index contributed by atoms with van der Waals surface area (Å²) in [6.07, 6.45) is 2.95. The van der Waals surface area contributed by atoms with Crippen molar-refractivity contribution in [3.63, 3.8) is 0 Å². The summed E-state index contributed by atoms with van der Waals surface area (Å²) in [7, 11) is 0. The average Bonchev–Trinajstić information content (AvgIpc) is 3.63. The number of urea groups is 1. The lowest BCUT2D eigenvalue weighted by Crippen LogP contribution is -2.34. The van der Waals surface area contributed by atoms with Crippen LogP contribution in [0.3, 0.4) is 0 Å². The molecule has 3 aromatic rings. The molecule has 1 aliphatic rings. The second-order valence-corrected chi connectivity index (χ2v) is 8.11. The Morgan fingerprint density at radius 3 is 2.18 bits per heavy atom. The SMILES string of the molecule is NC(=O)Nc1ccc(/C(=C\c2ccc(Cl)cc2)ON(C(=O)c2c(F)cccc2F)C2CC2)cc1.